The summed E-state index contributed by atoms with van der Waals surface area (Å²) in [6.07, 6.45) is 7.99. The fraction of sp³-hybridized carbons (Fsp3) is 0.933. The highest BCUT2D eigenvalue weighted by Crippen LogP contribution is 2.33. The van der Waals surface area contributed by atoms with Gasteiger partial charge in [-0.1, -0.05) is 13.3 Å². The molecule has 1 saturated heterocycles. The summed E-state index contributed by atoms with van der Waals surface area (Å²) in [5.74, 6) is 1.80. The highest BCUT2D eigenvalue weighted by Gasteiger charge is 2.31. The Morgan fingerprint density at radius 2 is 2.05 bits per heavy atom. The van der Waals surface area contributed by atoms with Crippen molar-refractivity contribution >= 4 is 18.3 Å². The van der Waals surface area contributed by atoms with Gasteiger partial charge in [0.1, 0.15) is 0 Å². The Labute approximate surface area is 123 Å². The number of likely N-dealkylation sites (tertiary alicyclic amines) is 1. The lowest BCUT2D eigenvalue weighted by atomic mass is 9.94. The number of halogens is 1. The Hall–Kier alpha value is -0.280. The largest absolute Gasteiger partial charge is 0.338 e. The van der Waals surface area contributed by atoms with Crippen LogP contribution in [0.1, 0.15) is 58.8 Å². The zero-order chi connectivity index (χ0) is 13.1. The van der Waals surface area contributed by atoms with Gasteiger partial charge in [0.25, 0.3) is 0 Å². The first kappa shape index (κ1) is 16.8. The lowest BCUT2D eigenvalue weighted by Crippen LogP contribution is -2.51. The molecule has 1 aliphatic heterocycles. The quantitative estimate of drug-likeness (QED) is 0.868. The molecule has 0 bridgehead atoms. The normalized spacial score (nSPS) is 32.8. The molecule has 0 aromatic carbocycles. The summed E-state index contributed by atoms with van der Waals surface area (Å²) in [5, 5.41) is 0. The fourth-order valence-electron chi connectivity index (χ4n) is 3.69. The van der Waals surface area contributed by atoms with Crippen molar-refractivity contribution in [3.63, 3.8) is 0 Å². The minimum atomic E-state index is 0. The van der Waals surface area contributed by atoms with E-state index in [1.807, 2.05) is 6.92 Å². The smallest absolute Gasteiger partial charge is 0.223 e. The number of carbonyl (C=O) groups excluding carboxylic acids is 1. The second-order valence-corrected chi connectivity index (χ2v) is 6.50. The molecule has 1 amide bonds. The van der Waals surface area contributed by atoms with Crippen LogP contribution < -0.4 is 5.73 Å². The number of amides is 1. The minimum Gasteiger partial charge on any atom is -0.338 e. The van der Waals surface area contributed by atoms with Crippen molar-refractivity contribution in [1.82, 2.24) is 4.90 Å². The highest BCUT2D eigenvalue weighted by atomic mass is 35.5. The number of hydrogen-bond donors (Lipinski definition) is 1. The molecule has 4 unspecified atom stereocenters. The Balaban J connectivity index is 0.00000180. The molecule has 2 rings (SSSR count). The van der Waals surface area contributed by atoms with E-state index in [-0.39, 0.29) is 24.5 Å². The Kier molecular flexibility index (Phi) is 6.61. The molecule has 1 aliphatic carbocycles. The van der Waals surface area contributed by atoms with Crippen molar-refractivity contribution in [2.24, 2.45) is 17.6 Å². The lowest BCUT2D eigenvalue weighted by Gasteiger charge is -2.38. The predicted octanol–water partition coefficient (Wildman–Crippen LogP) is 2.96. The first-order chi connectivity index (χ1) is 8.58. The van der Waals surface area contributed by atoms with Gasteiger partial charge in [-0.05, 0) is 50.9 Å². The molecule has 4 heteroatoms. The molecule has 2 fully saturated rings. The molecule has 1 heterocycles. The van der Waals surface area contributed by atoms with Gasteiger partial charge in [0.15, 0.2) is 0 Å². The van der Waals surface area contributed by atoms with Crippen molar-refractivity contribution in [3.8, 4) is 0 Å². The number of nitrogens with zero attached hydrogens (tertiary/aromatic N) is 1. The summed E-state index contributed by atoms with van der Waals surface area (Å²) < 4.78 is 0. The van der Waals surface area contributed by atoms with E-state index in [1.54, 1.807) is 0 Å². The SMILES string of the molecule is CC1CCC(CC(=O)N2CCCCC2C(C)N)C1.Cl. The summed E-state index contributed by atoms with van der Waals surface area (Å²) in [4.78, 5) is 14.5. The average molecular weight is 289 g/mol. The summed E-state index contributed by atoms with van der Waals surface area (Å²) >= 11 is 0. The molecule has 0 aromatic rings. The van der Waals surface area contributed by atoms with Crippen LogP contribution in [0.4, 0.5) is 0 Å². The van der Waals surface area contributed by atoms with Crippen LogP contribution in [0.2, 0.25) is 0 Å². The van der Waals surface area contributed by atoms with Gasteiger partial charge in [-0.3, -0.25) is 4.79 Å². The molecule has 0 radical (unpaired) electrons. The first-order valence-corrected chi connectivity index (χ1v) is 7.63. The Bertz CT molecular complexity index is 296. The Morgan fingerprint density at radius 3 is 2.63 bits per heavy atom. The molecule has 0 spiro atoms. The lowest BCUT2D eigenvalue weighted by molar-refractivity contribution is -0.136. The van der Waals surface area contributed by atoms with Crippen molar-refractivity contribution in [3.05, 3.63) is 0 Å². The van der Waals surface area contributed by atoms with Crippen LogP contribution in [-0.4, -0.2) is 29.4 Å². The number of rotatable bonds is 3. The zero-order valence-corrected chi connectivity index (χ0v) is 13.1. The molecular weight excluding hydrogens is 260 g/mol. The standard InChI is InChI=1S/C15H28N2O.ClH/c1-11-6-7-13(9-11)10-15(18)17-8-4-3-5-14(17)12(2)16;/h11-14H,3-10,16H2,1-2H3;1H. The average Bonchev–Trinajstić information content (AvgIpc) is 2.74. The summed E-state index contributed by atoms with van der Waals surface area (Å²) in [6.45, 7) is 5.26. The van der Waals surface area contributed by atoms with E-state index in [9.17, 15) is 4.79 Å². The Morgan fingerprint density at radius 1 is 1.32 bits per heavy atom. The van der Waals surface area contributed by atoms with E-state index in [0.29, 0.717) is 11.8 Å². The van der Waals surface area contributed by atoms with Gasteiger partial charge in [-0.2, -0.15) is 0 Å². The third-order valence-corrected chi connectivity index (χ3v) is 4.74. The van der Waals surface area contributed by atoms with Crippen LogP contribution in [-0.2, 0) is 4.79 Å². The van der Waals surface area contributed by atoms with Crippen molar-refractivity contribution < 1.29 is 4.79 Å². The van der Waals surface area contributed by atoms with Gasteiger partial charge in [-0.25, -0.2) is 0 Å². The highest BCUT2D eigenvalue weighted by molar-refractivity contribution is 5.85. The maximum absolute atomic E-state index is 12.4. The fourth-order valence-corrected chi connectivity index (χ4v) is 3.69. The summed E-state index contributed by atoms with van der Waals surface area (Å²) in [7, 11) is 0. The second kappa shape index (κ2) is 7.49. The molecule has 112 valence electrons. The van der Waals surface area contributed by atoms with Crippen molar-refractivity contribution in [1.29, 1.82) is 0 Å². The maximum Gasteiger partial charge on any atom is 0.223 e. The molecule has 4 atom stereocenters. The molecule has 19 heavy (non-hydrogen) atoms. The number of carbonyl (C=O) groups is 1. The van der Waals surface area contributed by atoms with E-state index >= 15 is 0 Å². The first-order valence-electron chi connectivity index (χ1n) is 7.63. The summed E-state index contributed by atoms with van der Waals surface area (Å²) in [5.41, 5.74) is 6.03. The zero-order valence-electron chi connectivity index (χ0n) is 12.3. The molecule has 1 saturated carbocycles. The van der Waals surface area contributed by atoms with Crippen LogP contribution in [0.5, 0.6) is 0 Å². The van der Waals surface area contributed by atoms with E-state index in [1.165, 1.54) is 25.7 Å². The third-order valence-electron chi connectivity index (χ3n) is 4.74. The molecule has 2 aliphatic rings. The van der Waals surface area contributed by atoms with Crippen LogP contribution >= 0.6 is 12.4 Å². The summed E-state index contributed by atoms with van der Waals surface area (Å²) in [6, 6.07) is 0.391. The van der Waals surface area contributed by atoms with Crippen molar-refractivity contribution in [2.75, 3.05) is 6.54 Å². The predicted molar refractivity (Wildman–Crippen MR) is 81.4 cm³/mol. The van der Waals surface area contributed by atoms with Crippen LogP contribution in [0.3, 0.4) is 0 Å². The van der Waals surface area contributed by atoms with Crippen LogP contribution in [0, 0.1) is 11.8 Å². The van der Waals surface area contributed by atoms with E-state index in [2.05, 4.69) is 11.8 Å². The molecule has 3 nitrogen and oxygen atoms in total. The van der Waals surface area contributed by atoms with Crippen LogP contribution in [0.25, 0.3) is 0 Å². The van der Waals surface area contributed by atoms with Gasteiger partial charge in [0, 0.05) is 25.0 Å². The van der Waals surface area contributed by atoms with Crippen molar-refractivity contribution in [2.45, 2.75) is 70.9 Å². The molecule has 0 aromatic heterocycles. The van der Waals surface area contributed by atoms with E-state index < -0.39 is 0 Å². The van der Waals surface area contributed by atoms with Gasteiger partial charge in [-0.15, -0.1) is 12.4 Å². The third kappa shape index (κ3) is 4.35. The maximum atomic E-state index is 12.4. The number of hydrogen-bond acceptors (Lipinski definition) is 2. The molecular formula is C15H29ClN2O. The van der Waals surface area contributed by atoms with Gasteiger partial charge in [0.2, 0.25) is 5.91 Å². The topological polar surface area (TPSA) is 46.3 Å². The minimum absolute atomic E-state index is 0. The molecule has 2 N–H and O–H groups in total. The van der Waals surface area contributed by atoms with Crippen LogP contribution in [0.15, 0.2) is 0 Å². The van der Waals surface area contributed by atoms with Gasteiger partial charge >= 0.3 is 0 Å². The number of nitrogens with two attached hydrogens (primary N) is 1. The monoisotopic (exact) mass is 288 g/mol. The second-order valence-electron chi connectivity index (χ2n) is 6.50. The van der Waals surface area contributed by atoms with E-state index in [4.69, 9.17) is 5.73 Å². The van der Waals surface area contributed by atoms with E-state index in [0.717, 1.165) is 31.7 Å². The van der Waals surface area contributed by atoms with Gasteiger partial charge in [0.05, 0.1) is 0 Å². The number of piperidine rings is 1. The van der Waals surface area contributed by atoms with Gasteiger partial charge < -0.3 is 10.6 Å².